The lowest BCUT2D eigenvalue weighted by atomic mass is 10.3. The van der Waals surface area contributed by atoms with E-state index in [1.807, 2.05) is 13.8 Å². The Labute approximate surface area is 125 Å². The molecule has 8 heteroatoms. The highest BCUT2D eigenvalue weighted by Crippen LogP contribution is 2.17. The number of piperazine rings is 1. The molecule has 0 spiro atoms. The minimum atomic E-state index is 0.0198. The van der Waals surface area contributed by atoms with Crippen LogP contribution in [0.15, 0.2) is 0 Å². The molecule has 1 fully saturated rings. The van der Waals surface area contributed by atoms with Crippen LogP contribution in [0.3, 0.4) is 0 Å². The second-order valence-corrected chi connectivity index (χ2v) is 5.21. The molecule has 0 aliphatic carbocycles. The monoisotopic (exact) mass is 296 g/mol. The molecule has 0 bridgehead atoms. The molecule has 2 heterocycles. The van der Waals surface area contributed by atoms with Crippen LogP contribution in [-0.4, -0.2) is 77.4 Å². The van der Waals surface area contributed by atoms with Crippen LogP contribution >= 0.6 is 0 Å². The molecule has 8 nitrogen and oxygen atoms in total. The molecule has 1 aliphatic heterocycles. The third kappa shape index (κ3) is 4.40. The zero-order valence-electron chi connectivity index (χ0n) is 12.9. The van der Waals surface area contributed by atoms with Gasteiger partial charge in [0.15, 0.2) is 0 Å². The van der Waals surface area contributed by atoms with Gasteiger partial charge in [-0.1, -0.05) is 0 Å². The number of aliphatic hydroxyl groups excluding tert-OH is 1. The van der Waals surface area contributed by atoms with Gasteiger partial charge in [0, 0.05) is 39.8 Å². The highest BCUT2D eigenvalue weighted by atomic mass is 16.5. The summed E-state index contributed by atoms with van der Waals surface area (Å²) in [5.41, 5.74) is 0. The zero-order valence-corrected chi connectivity index (χ0v) is 12.9. The van der Waals surface area contributed by atoms with Crippen molar-refractivity contribution in [3.8, 4) is 6.01 Å². The standard InChI is InChI=1S/C13H24N6O2/c1-10(2)21-13-16-11(14-3)15-12(17-13)19-6-4-18(5-7-19)8-9-20/h10,20H,4-9H2,1-3H3,(H,14,15,16,17). The van der Waals surface area contributed by atoms with Gasteiger partial charge in [-0.15, -0.1) is 0 Å². The number of ether oxygens (including phenoxy) is 1. The van der Waals surface area contributed by atoms with Crippen LogP contribution in [-0.2, 0) is 0 Å². The van der Waals surface area contributed by atoms with Crippen molar-refractivity contribution < 1.29 is 9.84 Å². The number of hydrogen-bond acceptors (Lipinski definition) is 8. The smallest absolute Gasteiger partial charge is 0.323 e. The minimum absolute atomic E-state index is 0.0198. The van der Waals surface area contributed by atoms with E-state index in [0.717, 1.165) is 26.2 Å². The van der Waals surface area contributed by atoms with E-state index in [4.69, 9.17) is 9.84 Å². The molecule has 1 aromatic rings. The topological polar surface area (TPSA) is 86.6 Å². The molecule has 0 radical (unpaired) electrons. The summed E-state index contributed by atoms with van der Waals surface area (Å²) >= 11 is 0. The Morgan fingerprint density at radius 3 is 2.48 bits per heavy atom. The van der Waals surface area contributed by atoms with Crippen molar-refractivity contribution in [1.82, 2.24) is 19.9 Å². The van der Waals surface area contributed by atoms with Gasteiger partial charge in [-0.25, -0.2) is 0 Å². The van der Waals surface area contributed by atoms with E-state index in [2.05, 4.69) is 30.1 Å². The summed E-state index contributed by atoms with van der Waals surface area (Å²) in [5.74, 6) is 1.14. The van der Waals surface area contributed by atoms with E-state index in [-0.39, 0.29) is 12.7 Å². The quantitative estimate of drug-likeness (QED) is 0.747. The van der Waals surface area contributed by atoms with Crippen molar-refractivity contribution in [2.45, 2.75) is 20.0 Å². The van der Waals surface area contributed by atoms with Gasteiger partial charge in [-0.2, -0.15) is 15.0 Å². The van der Waals surface area contributed by atoms with E-state index in [9.17, 15) is 0 Å². The predicted octanol–water partition coefficient (Wildman–Crippen LogP) is -0.185. The molecule has 0 unspecified atom stereocenters. The fourth-order valence-electron chi connectivity index (χ4n) is 2.18. The van der Waals surface area contributed by atoms with Gasteiger partial charge in [0.05, 0.1) is 12.7 Å². The van der Waals surface area contributed by atoms with Crippen LogP contribution < -0.4 is 15.0 Å². The van der Waals surface area contributed by atoms with Crippen molar-refractivity contribution in [3.05, 3.63) is 0 Å². The van der Waals surface area contributed by atoms with E-state index >= 15 is 0 Å². The van der Waals surface area contributed by atoms with Crippen molar-refractivity contribution in [2.75, 3.05) is 56.6 Å². The molecule has 2 rings (SSSR count). The molecule has 0 atom stereocenters. The first-order valence-electron chi connectivity index (χ1n) is 7.31. The maximum atomic E-state index is 8.98. The van der Waals surface area contributed by atoms with Crippen LogP contribution in [0.2, 0.25) is 0 Å². The van der Waals surface area contributed by atoms with Crippen molar-refractivity contribution >= 4 is 11.9 Å². The molecular weight excluding hydrogens is 272 g/mol. The Balaban J connectivity index is 2.08. The molecular formula is C13H24N6O2. The number of rotatable bonds is 6. The van der Waals surface area contributed by atoms with Crippen LogP contribution in [0, 0.1) is 0 Å². The summed E-state index contributed by atoms with van der Waals surface area (Å²) in [6.45, 7) is 8.23. The number of nitrogens with one attached hydrogen (secondary N) is 1. The highest BCUT2D eigenvalue weighted by Gasteiger charge is 2.20. The normalized spacial score (nSPS) is 16.3. The Bertz CT molecular complexity index is 448. The summed E-state index contributed by atoms with van der Waals surface area (Å²) in [5, 5.41) is 11.9. The van der Waals surface area contributed by atoms with E-state index in [1.165, 1.54) is 0 Å². The zero-order chi connectivity index (χ0) is 15.2. The highest BCUT2D eigenvalue weighted by molar-refractivity contribution is 5.38. The Morgan fingerprint density at radius 2 is 1.90 bits per heavy atom. The van der Waals surface area contributed by atoms with Crippen molar-refractivity contribution in [2.24, 2.45) is 0 Å². The molecule has 1 aromatic heterocycles. The van der Waals surface area contributed by atoms with E-state index < -0.39 is 0 Å². The predicted molar refractivity (Wildman–Crippen MR) is 80.9 cm³/mol. The maximum absolute atomic E-state index is 8.98. The third-order valence-electron chi connectivity index (χ3n) is 3.24. The fourth-order valence-corrected chi connectivity index (χ4v) is 2.18. The summed E-state index contributed by atoms with van der Waals surface area (Å²) in [4.78, 5) is 17.3. The van der Waals surface area contributed by atoms with Crippen LogP contribution in [0.5, 0.6) is 6.01 Å². The van der Waals surface area contributed by atoms with Crippen LogP contribution in [0.4, 0.5) is 11.9 Å². The van der Waals surface area contributed by atoms with Gasteiger partial charge in [0.2, 0.25) is 11.9 Å². The maximum Gasteiger partial charge on any atom is 0.323 e. The summed E-state index contributed by atoms with van der Waals surface area (Å²) in [7, 11) is 1.78. The molecule has 0 saturated carbocycles. The van der Waals surface area contributed by atoms with E-state index in [1.54, 1.807) is 7.05 Å². The first kappa shape index (κ1) is 15.7. The average molecular weight is 296 g/mol. The molecule has 2 N–H and O–H groups in total. The van der Waals surface area contributed by atoms with Gasteiger partial charge < -0.3 is 20.1 Å². The molecule has 118 valence electrons. The number of β-amino-alcohol motifs (C(OH)–C–C–N with tert-alkyl or cyclic N) is 1. The Hall–Kier alpha value is -1.67. The lowest BCUT2D eigenvalue weighted by Gasteiger charge is -2.34. The molecule has 1 saturated heterocycles. The average Bonchev–Trinajstić information content (AvgIpc) is 2.47. The number of anilines is 2. The number of nitrogens with zero attached hydrogens (tertiary/aromatic N) is 5. The number of hydrogen-bond donors (Lipinski definition) is 2. The fraction of sp³-hybridized carbons (Fsp3) is 0.769. The lowest BCUT2D eigenvalue weighted by Crippen LogP contribution is -2.47. The summed E-state index contributed by atoms with van der Waals surface area (Å²) < 4.78 is 5.58. The Morgan fingerprint density at radius 1 is 1.19 bits per heavy atom. The molecule has 21 heavy (non-hydrogen) atoms. The largest absolute Gasteiger partial charge is 0.461 e. The second kappa shape index (κ2) is 7.37. The molecule has 1 aliphatic rings. The number of aromatic nitrogens is 3. The summed E-state index contributed by atoms with van der Waals surface area (Å²) in [6.07, 6.45) is 0.0198. The van der Waals surface area contributed by atoms with Gasteiger partial charge in [-0.05, 0) is 13.8 Å². The van der Waals surface area contributed by atoms with E-state index in [0.29, 0.717) is 24.5 Å². The first-order chi connectivity index (χ1) is 10.1. The van der Waals surface area contributed by atoms with Gasteiger partial charge in [0.25, 0.3) is 0 Å². The van der Waals surface area contributed by atoms with Gasteiger partial charge in [0.1, 0.15) is 0 Å². The van der Waals surface area contributed by atoms with Gasteiger partial charge in [-0.3, -0.25) is 4.90 Å². The van der Waals surface area contributed by atoms with Crippen molar-refractivity contribution in [1.29, 1.82) is 0 Å². The van der Waals surface area contributed by atoms with Crippen LogP contribution in [0.1, 0.15) is 13.8 Å². The molecule has 0 amide bonds. The Kier molecular flexibility index (Phi) is 5.51. The summed E-state index contributed by atoms with van der Waals surface area (Å²) in [6, 6.07) is 0.345. The third-order valence-corrected chi connectivity index (χ3v) is 3.24. The SMILES string of the molecule is CNc1nc(OC(C)C)nc(N2CCN(CCO)CC2)n1. The van der Waals surface area contributed by atoms with Gasteiger partial charge >= 0.3 is 6.01 Å². The second-order valence-electron chi connectivity index (χ2n) is 5.21. The molecule has 0 aromatic carbocycles. The minimum Gasteiger partial charge on any atom is -0.461 e. The first-order valence-corrected chi connectivity index (χ1v) is 7.31. The van der Waals surface area contributed by atoms with Crippen LogP contribution in [0.25, 0.3) is 0 Å². The van der Waals surface area contributed by atoms with Crippen molar-refractivity contribution in [3.63, 3.8) is 0 Å². The lowest BCUT2D eigenvalue weighted by molar-refractivity contribution is 0.188. The number of aliphatic hydroxyl groups is 1.